The van der Waals surface area contributed by atoms with Crippen LogP contribution < -0.4 is 9.47 Å². The maximum atomic E-state index is 15.3. The highest BCUT2D eigenvalue weighted by molar-refractivity contribution is 9.18. The van der Waals surface area contributed by atoms with Crippen LogP contribution in [0.2, 0.25) is 5.02 Å². The summed E-state index contributed by atoms with van der Waals surface area (Å²) >= 11 is 12.8. The second-order valence-corrected chi connectivity index (χ2v) is 8.04. The van der Waals surface area contributed by atoms with Crippen LogP contribution in [0.5, 0.6) is 11.5 Å². The van der Waals surface area contributed by atoms with E-state index in [1.54, 1.807) is 36.4 Å². The van der Waals surface area contributed by atoms with Gasteiger partial charge < -0.3 is 27.1 Å². The summed E-state index contributed by atoms with van der Waals surface area (Å²) in [4.78, 5) is 0. The van der Waals surface area contributed by atoms with Gasteiger partial charge in [-0.15, -0.1) is 0 Å². The Bertz CT molecular complexity index is 1080. The molecule has 3 heterocycles. The Hall–Kier alpha value is -1.58. The van der Waals surface area contributed by atoms with Crippen LogP contribution in [0.3, 0.4) is 0 Å². The van der Waals surface area contributed by atoms with Crippen molar-refractivity contribution in [2.45, 2.75) is 0 Å². The van der Waals surface area contributed by atoms with Gasteiger partial charge in [0, 0.05) is 50.4 Å². The minimum absolute atomic E-state index is 0.277. The Morgan fingerprint density at radius 3 is 2.52 bits per heavy atom. The Balaban J connectivity index is 2.14. The molecule has 140 valence electrons. The zero-order chi connectivity index (χ0) is 19.5. The van der Waals surface area contributed by atoms with Gasteiger partial charge in [0.1, 0.15) is 0 Å². The normalized spacial score (nSPS) is 17.3. The molecule has 0 unspecified atom stereocenters. The van der Waals surface area contributed by atoms with E-state index in [-0.39, 0.29) is 9.22 Å². The molecule has 10 heteroatoms. The van der Waals surface area contributed by atoms with Gasteiger partial charge in [-0.2, -0.15) is 0 Å². The van der Waals surface area contributed by atoms with Crippen LogP contribution in [0.15, 0.2) is 46.7 Å². The number of hydrogen-bond acceptors (Lipinski definition) is 2. The number of fused-ring (bicyclic) bond motifs is 2. The first-order valence-corrected chi connectivity index (χ1v) is 9.83. The molecular weight excluding hydrogens is 508 g/mol. The molecule has 2 aromatic rings. The molecule has 0 amide bonds. The van der Waals surface area contributed by atoms with E-state index in [1.165, 1.54) is 14.2 Å². The lowest BCUT2D eigenvalue weighted by Gasteiger charge is -2.32. The van der Waals surface area contributed by atoms with Crippen molar-refractivity contribution >= 4 is 60.6 Å². The van der Waals surface area contributed by atoms with Crippen molar-refractivity contribution in [3.63, 3.8) is 0 Å². The van der Waals surface area contributed by atoms with Crippen molar-refractivity contribution in [3.05, 3.63) is 63.0 Å². The van der Waals surface area contributed by atoms with Crippen molar-refractivity contribution < 1.29 is 22.6 Å². The second kappa shape index (κ2) is 6.50. The molecule has 27 heavy (non-hydrogen) atoms. The molecule has 0 atom stereocenters. The van der Waals surface area contributed by atoms with Gasteiger partial charge in [-0.1, -0.05) is 11.6 Å². The summed E-state index contributed by atoms with van der Waals surface area (Å²) in [6.45, 7) is -4.09. The van der Waals surface area contributed by atoms with E-state index in [1.807, 2.05) is 0 Å². The van der Waals surface area contributed by atoms with Crippen molar-refractivity contribution in [3.8, 4) is 11.5 Å². The first-order chi connectivity index (χ1) is 12.8. The summed E-state index contributed by atoms with van der Waals surface area (Å²) in [5.41, 5.74) is 1.84. The van der Waals surface area contributed by atoms with Gasteiger partial charge in [0.25, 0.3) is 0 Å². The molecule has 0 aliphatic carbocycles. The number of halogens is 5. The third-order valence-corrected chi connectivity index (χ3v) is 6.09. The van der Waals surface area contributed by atoms with Gasteiger partial charge in [0.15, 0.2) is 17.2 Å². The molecule has 0 saturated heterocycles. The number of benzene rings is 1. The van der Waals surface area contributed by atoms with Crippen molar-refractivity contribution in [1.29, 1.82) is 0 Å². The molecule has 0 bridgehead atoms. The molecule has 0 N–H and O–H groups in total. The van der Waals surface area contributed by atoms with Crippen LogP contribution in [-0.4, -0.2) is 34.8 Å². The lowest BCUT2D eigenvalue weighted by molar-refractivity contribution is -0.358. The first-order valence-electron chi connectivity index (χ1n) is 7.87. The van der Waals surface area contributed by atoms with E-state index in [0.717, 1.165) is 8.96 Å². The molecule has 0 fully saturated rings. The van der Waals surface area contributed by atoms with Crippen molar-refractivity contribution in [2.75, 3.05) is 14.2 Å². The van der Waals surface area contributed by atoms with Crippen LogP contribution in [0.4, 0.5) is 8.63 Å². The maximum Gasteiger partial charge on any atom is 0.738 e. The number of allylic oxidation sites excluding steroid dienone is 2. The molecule has 4 rings (SSSR count). The fraction of sp³-hybridized carbons (Fsp3) is 0.118. The summed E-state index contributed by atoms with van der Waals surface area (Å²) in [5, 5.41) is 0.410. The molecule has 0 spiro atoms. The highest BCUT2D eigenvalue weighted by Gasteiger charge is 2.54. The third-order valence-electron chi connectivity index (χ3n) is 4.58. The summed E-state index contributed by atoms with van der Waals surface area (Å²) in [5.74, 6) is 0.840. The lowest BCUT2D eigenvalue weighted by atomic mass is 9.86. The van der Waals surface area contributed by atoms with Crippen molar-refractivity contribution in [1.82, 2.24) is 4.48 Å². The Kier molecular flexibility index (Phi) is 4.52. The van der Waals surface area contributed by atoms with E-state index in [9.17, 15) is 0 Å². The quantitative estimate of drug-likeness (QED) is 0.515. The molecule has 0 saturated carbocycles. The van der Waals surface area contributed by atoms with Crippen LogP contribution in [0.1, 0.15) is 11.3 Å². The summed E-state index contributed by atoms with van der Waals surface area (Å²) in [6, 6.07) is 6.55. The highest BCUT2D eigenvalue weighted by Crippen LogP contribution is 2.47. The van der Waals surface area contributed by atoms with E-state index < -0.39 is 6.97 Å². The maximum absolute atomic E-state index is 15.3. The molecule has 1 aromatic heterocycles. The van der Waals surface area contributed by atoms with Crippen molar-refractivity contribution in [2.24, 2.45) is 0 Å². The number of rotatable bonds is 3. The molecule has 2 aliphatic rings. The van der Waals surface area contributed by atoms with Crippen LogP contribution >= 0.6 is 43.5 Å². The van der Waals surface area contributed by atoms with Gasteiger partial charge in [0.05, 0.1) is 24.4 Å². The van der Waals surface area contributed by atoms with E-state index in [4.69, 9.17) is 21.1 Å². The Morgan fingerprint density at radius 1 is 1.11 bits per heavy atom. The van der Waals surface area contributed by atoms with Gasteiger partial charge in [-0.05, 0) is 34.1 Å². The molecule has 1 aromatic carbocycles. The zero-order valence-electron chi connectivity index (χ0n) is 14.1. The number of methoxy groups -OCH3 is 2. The zero-order valence-corrected chi connectivity index (χ0v) is 18.1. The summed E-state index contributed by atoms with van der Waals surface area (Å²) in [6.07, 6.45) is 3.24. The molecular formula is C17H12BBr2ClF2N2O2. The average molecular weight is 520 g/mol. The molecule has 0 radical (unpaired) electrons. The lowest BCUT2D eigenvalue weighted by Crippen LogP contribution is -2.50. The van der Waals surface area contributed by atoms with Gasteiger partial charge in [-0.25, -0.2) is 0 Å². The standard InChI is InChI=1S/C17H12BBr2ClF2N2O2/c1-26-13-8-9(21)7-10(17(13)27-2)16-11-3-5-14(19)24(11)18(22,23)25-12(16)4-6-15(25)20/h3-8H,1-2H3. The number of hydrogen-bond donors (Lipinski definition) is 0. The largest absolute Gasteiger partial charge is 0.738 e. The van der Waals surface area contributed by atoms with Gasteiger partial charge in [0.2, 0.25) is 4.62 Å². The predicted octanol–water partition coefficient (Wildman–Crippen LogP) is 5.29. The first kappa shape index (κ1) is 18.8. The number of ether oxygens (including phenoxy) is 2. The predicted molar refractivity (Wildman–Crippen MR) is 109 cm³/mol. The van der Waals surface area contributed by atoms with Gasteiger partial charge in [-0.3, -0.25) is 0 Å². The number of nitrogens with zero attached hydrogens (tertiary/aromatic N) is 2. The summed E-state index contributed by atoms with van der Waals surface area (Å²) in [7, 11) is 3.00. The van der Waals surface area contributed by atoms with E-state index in [2.05, 4.69) is 31.9 Å². The minimum Gasteiger partial charge on any atom is -0.493 e. The monoisotopic (exact) mass is 518 g/mol. The van der Waals surface area contributed by atoms with E-state index in [0.29, 0.717) is 39.0 Å². The van der Waals surface area contributed by atoms with Gasteiger partial charge >= 0.3 is 6.97 Å². The van der Waals surface area contributed by atoms with Crippen LogP contribution in [-0.2, 0) is 0 Å². The fourth-order valence-corrected chi connectivity index (χ4v) is 4.87. The summed E-state index contributed by atoms with van der Waals surface area (Å²) < 4.78 is 44.1. The second-order valence-electron chi connectivity index (χ2n) is 5.97. The minimum atomic E-state index is -4.09. The third kappa shape index (κ3) is 2.62. The topological polar surface area (TPSA) is 26.4 Å². The Morgan fingerprint density at radius 2 is 1.85 bits per heavy atom. The van der Waals surface area contributed by atoms with Crippen LogP contribution in [0, 0.1) is 0 Å². The smallest absolute Gasteiger partial charge is 0.493 e. The Labute approximate surface area is 176 Å². The SMILES string of the molecule is COc1cc(Cl)cc(C2=C3C=CC(Br)=[N+]3[B-](F)(F)n3c(Br)ccc32)c1OC. The average Bonchev–Trinajstić information content (AvgIpc) is 3.19. The van der Waals surface area contributed by atoms with E-state index >= 15 is 8.63 Å². The molecule has 2 aliphatic heterocycles. The van der Waals surface area contributed by atoms with Crippen LogP contribution in [0.25, 0.3) is 5.57 Å². The highest BCUT2D eigenvalue weighted by atomic mass is 79.9. The fourth-order valence-electron chi connectivity index (χ4n) is 3.52. The molecule has 4 nitrogen and oxygen atoms in total. The number of aromatic nitrogens is 1.